The van der Waals surface area contributed by atoms with Crippen LogP contribution in [0.2, 0.25) is 0 Å². The first-order valence-corrected chi connectivity index (χ1v) is 10.5. The molecule has 1 aliphatic rings. The van der Waals surface area contributed by atoms with Gasteiger partial charge in [0.15, 0.2) is 16.3 Å². The highest BCUT2D eigenvalue weighted by Gasteiger charge is 2.27. The van der Waals surface area contributed by atoms with Gasteiger partial charge in [0.05, 0.1) is 16.8 Å². The molecular weight excluding hydrogens is 384 g/mol. The van der Waals surface area contributed by atoms with Gasteiger partial charge in [-0.15, -0.1) is 6.42 Å². The molecule has 1 aromatic heterocycles. The van der Waals surface area contributed by atoms with Gasteiger partial charge in [0.1, 0.15) is 6.61 Å². The van der Waals surface area contributed by atoms with Crippen molar-refractivity contribution in [3.05, 3.63) is 52.8 Å². The lowest BCUT2D eigenvalue weighted by atomic mass is 10.1. The summed E-state index contributed by atoms with van der Waals surface area (Å²) >= 11 is 1.47. The van der Waals surface area contributed by atoms with Gasteiger partial charge in [0.25, 0.3) is 5.91 Å². The van der Waals surface area contributed by atoms with Gasteiger partial charge in [-0.2, -0.15) is 4.99 Å². The van der Waals surface area contributed by atoms with Crippen LogP contribution in [0, 0.1) is 12.3 Å². The zero-order valence-corrected chi connectivity index (χ0v) is 17.1. The van der Waals surface area contributed by atoms with E-state index in [1.807, 2.05) is 22.8 Å². The van der Waals surface area contributed by atoms with Crippen molar-refractivity contribution in [2.45, 2.75) is 38.8 Å². The lowest BCUT2D eigenvalue weighted by molar-refractivity contribution is -0.127. The van der Waals surface area contributed by atoms with E-state index in [9.17, 15) is 4.79 Å². The Morgan fingerprint density at radius 1 is 1.31 bits per heavy atom. The molecule has 1 amide bonds. The summed E-state index contributed by atoms with van der Waals surface area (Å²) in [6.45, 7) is 2.68. The van der Waals surface area contributed by atoms with Crippen LogP contribution in [-0.4, -0.2) is 23.2 Å². The number of nitrogens with zero attached hydrogens (tertiary/aromatic N) is 2. The summed E-state index contributed by atoms with van der Waals surface area (Å²) in [5.41, 5.74) is 2.28. The van der Waals surface area contributed by atoms with Crippen LogP contribution in [0.25, 0.3) is 10.2 Å². The summed E-state index contributed by atoms with van der Waals surface area (Å²) in [5.74, 6) is 3.48. The quantitative estimate of drug-likeness (QED) is 0.603. The Morgan fingerprint density at radius 2 is 2.14 bits per heavy atom. The first kappa shape index (κ1) is 19.3. The Hall–Kier alpha value is -3.04. The fraction of sp³-hybridized carbons (Fsp3) is 0.304. The molecule has 3 aromatic rings. The molecule has 2 heterocycles. The lowest BCUT2D eigenvalue weighted by Gasteiger charge is -2.23. The standard InChI is InChI=1S/C23H22N2O3S/c1-3-5-8-16-11-12-17-21(14-16)29-23(25(17)13-4-2)24-22(26)20-15-27-18-9-6-7-10-19(18)28-20/h2,6-7,9-12,14,20H,3,5,8,13,15H2,1H3. The van der Waals surface area contributed by atoms with E-state index < -0.39 is 6.10 Å². The van der Waals surface area contributed by atoms with Crippen LogP contribution in [0.3, 0.4) is 0 Å². The van der Waals surface area contributed by atoms with Crippen LogP contribution in [0.1, 0.15) is 25.3 Å². The fourth-order valence-corrected chi connectivity index (χ4v) is 4.39. The number of hydrogen-bond donors (Lipinski definition) is 0. The summed E-state index contributed by atoms with van der Waals surface area (Å²) in [7, 11) is 0. The molecule has 0 spiro atoms. The Labute approximate surface area is 173 Å². The number of aryl methyl sites for hydroxylation is 1. The van der Waals surface area contributed by atoms with Gasteiger partial charge in [-0.3, -0.25) is 4.79 Å². The predicted octanol–water partition coefficient (Wildman–Crippen LogP) is 3.95. The summed E-state index contributed by atoms with van der Waals surface area (Å²) < 4.78 is 14.4. The summed E-state index contributed by atoms with van der Waals surface area (Å²) in [6, 6.07) is 13.7. The lowest BCUT2D eigenvalue weighted by Crippen LogP contribution is -2.36. The Bertz CT molecular complexity index is 1150. The molecule has 2 aromatic carbocycles. The van der Waals surface area contributed by atoms with Crippen molar-refractivity contribution in [2.75, 3.05) is 6.61 Å². The van der Waals surface area contributed by atoms with E-state index in [4.69, 9.17) is 15.9 Å². The molecule has 1 aliphatic heterocycles. The summed E-state index contributed by atoms with van der Waals surface area (Å²) in [4.78, 5) is 17.7. The smallest absolute Gasteiger partial charge is 0.292 e. The maximum Gasteiger partial charge on any atom is 0.292 e. The van der Waals surface area contributed by atoms with E-state index in [0.29, 0.717) is 22.8 Å². The van der Waals surface area contributed by atoms with Crippen molar-refractivity contribution in [1.82, 2.24) is 4.57 Å². The van der Waals surface area contributed by atoms with Crippen molar-refractivity contribution in [3.8, 4) is 23.8 Å². The Kier molecular flexibility index (Phi) is 5.68. The van der Waals surface area contributed by atoms with Crippen molar-refractivity contribution < 1.29 is 14.3 Å². The number of unbranched alkanes of at least 4 members (excludes halogenated alkanes) is 1. The Morgan fingerprint density at radius 3 is 2.93 bits per heavy atom. The number of thiazole rings is 1. The van der Waals surface area contributed by atoms with Gasteiger partial charge in [-0.05, 0) is 42.7 Å². The Balaban J connectivity index is 1.66. The SMILES string of the molecule is C#CCn1c(=NC(=O)C2COc3ccccc3O2)sc2cc(CCCC)ccc21. The molecule has 0 saturated carbocycles. The minimum Gasteiger partial charge on any atom is -0.485 e. The van der Waals surface area contributed by atoms with Gasteiger partial charge in [0.2, 0.25) is 6.10 Å². The average Bonchev–Trinajstić information content (AvgIpc) is 3.08. The molecule has 148 valence electrons. The van der Waals surface area contributed by atoms with Gasteiger partial charge >= 0.3 is 0 Å². The van der Waals surface area contributed by atoms with Gasteiger partial charge in [-0.25, -0.2) is 0 Å². The molecule has 1 atom stereocenters. The molecule has 0 saturated heterocycles. The van der Waals surface area contributed by atoms with Gasteiger partial charge in [-0.1, -0.05) is 48.8 Å². The maximum absolute atomic E-state index is 12.8. The van der Waals surface area contributed by atoms with E-state index in [-0.39, 0.29) is 12.5 Å². The van der Waals surface area contributed by atoms with Crippen molar-refractivity contribution >= 4 is 27.5 Å². The van der Waals surface area contributed by atoms with Gasteiger partial charge in [0, 0.05) is 0 Å². The summed E-state index contributed by atoms with van der Waals surface area (Å²) in [6.07, 6.45) is 8.14. The van der Waals surface area contributed by atoms with Crippen LogP contribution in [0.15, 0.2) is 47.5 Å². The van der Waals surface area contributed by atoms with Crippen LogP contribution in [-0.2, 0) is 17.8 Å². The number of carbonyl (C=O) groups is 1. The number of ether oxygens (including phenoxy) is 2. The zero-order chi connectivity index (χ0) is 20.2. The molecule has 0 aliphatic carbocycles. The van der Waals surface area contributed by atoms with Crippen molar-refractivity contribution in [3.63, 3.8) is 0 Å². The second kappa shape index (κ2) is 8.54. The molecule has 0 N–H and O–H groups in total. The van der Waals surface area contributed by atoms with Crippen LogP contribution in [0.5, 0.6) is 11.5 Å². The number of hydrogen-bond acceptors (Lipinski definition) is 4. The first-order chi connectivity index (χ1) is 14.2. The number of terminal acetylenes is 1. The number of aromatic nitrogens is 1. The molecule has 5 nitrogen and oxygen atoms in total. The first-order valence-electron chi connectivity index (χ1n) is 9.72. The topological polar surface area (TPSA) is 52.8 Å². The minimum atomic E-state index is -0.769. The molecule has 0 bridgehead atoms. The third-order valence-electron chi connectivity index (χ3n) is 4.81. The van der Waals surface area contributed by atoms with E-state index in [1.165, 1.54) is 16.9 Å². The molecule has 4 rings (SSSR count). The predicted molar refractivity (Wildman–Crippen MR) is 114 cm³/mol. The van der Waals surface area contributed by atoms with E-state index in [2.05, 4.69) is 36.0 Å². The molecule has 1 unspecified atom stereocenters. The normalized spacial score (nSPS) is 16.0. The highest BCUT2D eigenvalue weighted by molar-refractivity contribution is 7.16. The minimum absolute atomic E-state index is 0.139. The molecular formula is C23H22N2O3S. The average molecular weight is 407 g/mol. The number of amides is 1. The number of carbonyl (C=O) groups excluding carboxylic acids is 1. The second-order valence-electron chi connectivity index (χ2n) is 6.89. The van der Waals surface area contributed by atoms with E-state index >= 15 is 0 Å². The molecule has 0 fully saturated rings. The maximum atomic E-state index is 12.8. The van der Waals surface area contributed by atoms with Crippen LogP contribution >= 0.6 is 11.3 Å². The largest absolute Gasteiger partial charge is 0.485 e. The summed E-state index contributed by atoms with van der Waals surface area (Å²) in [5, 5.41) is 0. The molecule has 29 heavy (non-hydrogen) atoms. The van der Waals surface area contributed by atoms with Crippen molar-refractivity contribution in [2.24, 2.45) is 4.99 Å². The number of rotatable bonds is 5. The molecule has 0 radical (unpaired) electrons. The van der Waals surface area contributed by atoms with Gasteiger partial charge < -0.3 is 14.0 Å². The highest BCUT2D eigenvalue weighted by atomic mass is 32.1. The monoisotopic (exact) mass is 406 g/mol. The number of para-hydroxylation sites is 2. The number of fused-ring (bicyclic) bond motifs is 2. The fourth-order valence-electron chi connectivity index (χ4n) is 3.29. The van der Waals surface area contributed by atoms with E-state index in [0.717, 1.165) is 29.5 Å². The third kappa shape index (κ3) is 4.06. The third-order valence-corrected chi connectivity index (χ3v) is 5.85. The van der Waals surface area contributed by atoms with Crippen LogP contribution < -0.4 is 14.3 Å². The van der Waals surface area contributed by atoms with E-state index in [1.54, 1.807) is 6.07 Å². The second-order valence-corrected chi connectivity index (χ2v) is 7.90. The van der Waals surface area contributed by atoms with Crippen LogP contribution in [0.4, 0.5) is 0 Å². The number of benzene rings is 2. The zero-order valence-electron chi connectivity index (χ0n) is 16.3. The van der Waals surface area contributed by atoms with Crippen molar-refractivity contribution in [1.29, 1.82) is 0 Å². The highest BCUT2D eigenvalue weighted by Crippen LogP contribution is 2.31. The molecule has 6 heteroatoms.